The molecule has 0 aliphatic carbocycles. The number of rotatable bonds is 2. The number of aliphatic hydroxyl groups excluding tert-OH is 1. The first kappa shape index (κ1) is 30.5. The fraction of sp³-hybridized carbons (Fsp3) is 0.462. The van der Waals surface area contributed by atoms with E-state index >= 15 is 4.39 Å². The van der Waals surface area contributed by atoms with E-state index in [-0.39, 0.29) is 24.6 Å². The maximum atomic E-state index is 15.7. The summed E-state index contributed by atoms with van der Waals surface area (Å²) in [6, 6.07) is 8.17. The molecule has 222 valence electrons. The maximum Gasteiger partial charge on any atom is 0.459 e. The SMILES string of the molecule is C[C@@H]1NP(=O)(Oc2ccccc2)OCC2OC(n3ccc(nc3=O)NC(=O)CCC=CCCOC1=O)[C@](C)(F)[C@@H]2O. The Morgan fingerprint density at radius 2 is 1.90 bits per heavy atom. The number of esters is 1. The number of benzene rings is 1. The van der Waals surface area contributed by atoms with Gasteiger partial charge in [-0.1, -0.05) is 30.4 Å². The number of aromatic nitrogens is 2. The molecule has 0 spiro atoms. The fourth-order valence-corrected chi connectivity index (χ4v) is 5.69. The molecule has 4 bridgehead atoms. The first-order valence-corrected chi connectivity index (χ1v) is 14.5. The van der Waals surface area contributed by atoms with Crippen LogP contribution in [0.2, 0.25) is 0 Å². The van der Waals surface area contributed by atoms with Crippen molar-refractivity contribution in [3.05, 3.63) is 65.2 Å². The van der Waals surface area contributed by atoms with Crippen LogP contribution in [-0.2, 0) is 28.2 Å². The lowest BCUT2D eigenvalue weighted by molar-refractivity contribution is -0.145. The molecule has 1 aromatic carbocycles. The minimum absolute atomic E-state index is 0.0248. The van der Waals surface area contributed by atoms with Gasteiger partial charge in [0.05, 0.1) is 13.2 Å². The van der Waals surface area contributed by atoms with E-state index in [1.807, 2.05) is 0 Å². The molecular weight excluding hydrogens is 562 g/mol. The normalized spacial score (nSPS) is 31.9. The van der Waals surface area contributed by atoms with Gasteiger partial charge in [0.25, 0.3) is 0 Å². The molecule has 1 amide bonds. The third kappa shape index (κ3) is 7.66. The fourth-order valence-electron chi connectivity index (χ4n) is 4.19. The Hall–Kier alpha value is -3.42. The van der Waals surface area contributed by atoms with Crippen LogP contribution in [0.3, 0.4) is 0 Å². The van der Waals surface area contributed by atoms with E-state index in [9.17, 15) is 24.1 Å². The van der Waals surface area contributed by atoms with Crippen molar-refractivity contribution in [1.29, 1.82) is 0 Å². The van der Waals surface area contributed by atoms with E-state index in [1.165, 1.54) is 31.3 Å². The van der Waals surface area contributed by atoms with Gasteiger partial charge in [-0.05, 0) is 44.9 Å². The van der Waals surface area contributed by atoms with Gasteiger partial charge in [0.15, 0.2) is 11.9 Å². The highest BCUT2D eigenvalue weighted by Crippen LogP contribution is 2.47. The van der Waals surface area contributed by atoms with Crippen molar-refractivity contribution >= 4 is 25.4 Å². The molecule has 2 aromatic rings. The van der Waals surface area contributed by atoms with Crippen LogP contribution < -0.4 is 20.6 Å². The summed E-state index contributed by atoms with van der Waals surface area (Å²) >= 11 is 0. The highest BCUT2D eigenvalue weighted by atomic mass is 31.2. The largest absolute Gasteiger partial charge is 0.464 e. The Bertz CT molecular complexity index is 1370. The molecule has 15 heteroatoms. The molecule has 1 saturated heterocycles. The number of nitrogens with zero attached hydrogens (tertiary/aromatic N) is 2. The second kappa shape index (κ2) is 13.0. The highest BCUT2D eigenvalue weighted by molar-refractivity contribution is 7.52. The topological polar surface area (TPSA) is 167 Å². The van der Waals surface area contributed by atoms with E-state index in [1.54, 1.807) is 30.4 Å². The van der Waals surface area contributed by atoms with Crippen LogP contribution in [0.25, 0.3) is 0 Å². The molecule has 3 aliphatic rings. The lowest BCUT2D eigenvalue weighted by Gasteiger charge is -2.25. The number of aliphatic hydroxyl groups is 1. The third-order valence-corrected chi connectivity index (χ3v) is 8.03. The van der Waals surface area contributed by atoms with Gasteiger partial charge in [-0.15, -0.1) is 0 Å². The van der Waals surface area contributed by atoms with Crippen molar-refractivity contribution in [2.45, 2.75) is 63.3 Å². The minimum Gasteiger partial charge on any atom is -0.464 e. The smallest absolute Gasteiger partial charge is 0.459 e. The summed E-state index contributed by atoms with van der Waals surface area (Å²) in [7, 11) is -4.33. The second-order valence-corrected chi connectivity index (χ2v) is 11.4. The Morgan fingerprint density at radius 3 is 2.63 bits per heavy atom. The zero-order valence-electron chi connectivity index (χ0n) is 22.5. The van der Waals surface area contributed by atoms with E-state index in [4.69, 9.17) is 18.5 Å². The molecule has 6 atom stereocenters. The predicted octanol–water partition coefficient (Wildman–Crippen LogP) is 2.63. The Morgan fingerprint density at radius 1 is 1.17 bits per heavy atom. The summed E-state index contributed by atoms with van der Waals surface area (Å²) in [6.07, 6.45) is 0.665. The average Bonchev–Trinajstić information content (AvgIpc) is 3.14. The van der Waals surface area contributed by atoms with Gasteiger partial charge in [-0.2, -0.15) is 10.1 Å². The molecule has 5 rings (SSSR count). The zero-order valence-corrected chi connectivity index (χ0v) is 23.4. The number of para-hydroxylation sites is 1. The van der Waals surface area contributed by atoms with Crippen LogP contribution in [0, 0.1) is 0 Å². The summed E-state index contributed by atoms with van der Waals surface area (Å²) in [5.74, 6) is -1.01. The van der Waals surface area contributed by atoms with E-state index in [0.29, 0.717) is 12.8 Å². The highest BCUT2D eigenvalue weighted by Gasteiger charge is 2.56. The maximum absolute atomic E-state index is 15.7. The number of hydrogen-bond donors (Lipinski definition) is 3. The quantitative estimate of drug-likeness (QED) is 0.266. The molecule has 4 heterocycles. The number of hydrogen-bond acceptors (Lipinski definition) is 10. The number of allylic oxidation sites excluding steroid dienone is 1. The molecule has 3 aliphatic heterocycles. The van der Waals surface area contributed by atoms with Crippen molar-refractivity contribution in [3.8, 4) is 5.75 Å². The molecule has 0 saturated carbocycles. The summed E-state index contributed by atoms with van der Waals surface area (Å²) in [5.41, 5.74) is -3.43. The number of halogens is 1. The second-order valence-electron chi connectivity index (χ2n) is 9.69. The van der Waals surface area contributed by atoms with Gasteiger partial charge in [0.2, 0.25) is 5.91 Å². The summed E-state index contributed by atoms with van der Waals surface area (Å²) in [4.78, 5) is 41.3. The monoisotopic (exact) mass is 594 g/mol. The summed E-state index contributed by atoms with van der Waals surface area (Å²) in [6.45, 7) is 1.82. The molecule has 41 heavy (non-hydrogen) atoms. The molecule has 3 unspecified atom stereocenters. The lowest BCUT2D eigenvalue weighted by atomic mass is 9.98. The lowest BCUT2D eigenvalue weighted by Crippen LogP contribution is -2.43. The van der Waals surface area contributed by atoms with Crippen LogP contribution in [0.1, 0.15) is 39.3 Å². The standard InChI is InChI=1S/C26H32FN4O9P/c1-17-23(34)37-15-9-4-3-8-12-21(32)28-20-13-14-31(25(35)29-20)24-26(2,27)22(33)19(39-24)16-38-41(36,30-17)40-18-10-6-5-7-11-18/h3-7,10-11,13-14,17,19,22,24,33H,8-9,12,15-16H2,1-2H3,(H,30,36)(H,28,29,32,35)/t17-,19?,22+,24?,26+,41?/m0/s1. The van der Waals surface area contributed by atoms with Crippen LogP contribution in [0.4, 0.5) is 10.2 Å². The molecule has 0 radical (unpaired) electrons. The number of amides is 1. The van der Waals surface area contributed by atoms with Crippen LogP contribution >= 0.6 is 7.75 Å². The van der Waals surface area contributed by atoms with Gasteiger partial charge in [-0.25, -0.2) is 13.8 Å². The van der Waals surface area contributed by atoms with Crippen molar-refractivity contribution in [3.63, 3.8) is 0 Å². The first-order valence-electron chi connectivity index (χ1n) is 13.0. The molecule has 13 nitrogen and oxygen atoms in total. The Labute approximate surface area is 235 Å². The van der Waals surface area contributed by atoms with Gasteiger partial charge in [0, 0.05) is 12.6 Å². The van der Waals surface area contributed by atoms with Crippen molar-refractivity contribution in [2.24, 2.45) is 0 Å². The average molecular weight is 595 g/mol. The third-order valence-electron chi connectivity index (χ3n) is 6.38. The Balaban J connectivity index is 1.61. The van der Waals surface area contributed by atoms with Crippen molar-refractivity contribution in [1.82, 2.24) is 14.6 Å². The first-order chi connectivity index (χ1) is 19.5. The van der Waals surface area contributed by atoms with E-state index in [2.05, 4.69) is 15.4 Å². The molecular formula is C26H32FN4O9P. The van der Waals surface area contributed by atoms with Crippen LogP contribution in [0.15, 0.2) is 59.5 Å². The molecule has 1 aromatic heterocycles. The van der Waals surface area contributed by atoms with E-state index in [0.717, 1.165) is 11.5 Å². The zero-order chi connectivity index (χ0) is 29.6. The summed E-state index contributed by atoms with van der Waals surface area (Å²) < 4.78 is 52.3. The van der Waals surface area contributed by atoms with E-state index < -0.39 is 62.1 Å². The number of anilines is 1. The van der Waals surface area contributed by atoms with Gasteiger partial charge in [-0.3, -0.25) is 18.7 Å². The minimum atomic E-state index is -4.33. The molecule has 1 fully saturated rings. The summed E-state index contributed by atoms with van der Waals surface area (Å²) in [5, 5.41) is 15.7. The molecule has 3 N–H and O–H groups in total. The number of carbonyl (C=O) groups excluding carboxylic acids is 2. The number of alkyl halides is 1. The van der Waals surface area contributed by atoms with Gasteiger partial charge in [0.1, 0.15) is 29.8 Å². The number of carbonyl (C=O) groups is 2. The van der Waals surface area contributed by atoms with Crippen LogP contribution in [-0.4, -0.2) is 63.7 Å². The van der Waals surface area contributed by atoms with Crippen LogP contribution in [0.5, 0.6) is 5.75 Å². The number of ether oxygens (including phenoxy) is 2. The Kier molecular flexibility index (Phi) is 9.72. The van der Waals surface area contributed by atoms with Crippen molar-refractivity contribution < 1.29 is 42.2 Å². The van der Waals surface area contributed by atoms with Gasteiger partial charge < -0.3 is 24.4 Å². The van der Waals surface area contributed by atoms with Crippen molar-refractivity contribution in [2.75, 3.05) is 18.5 Å². The predicted molar refractivity (Wildman–Crippen MR) is 144 cm³/mol. The number of nitrogens with one attached hydrogen (secondary N) is 2. The number of fused-ring (bicyclic) bond motifs is 15. The van der Waals surface area contributed by atoms with Gasteiger partial charge >= 0.3 is 19.4 Å².